The third kappa shape index (κ3) is 2.86. The Morgan fingerprint density at radius 3 is 2.73 bits per heavy atom. The van der Waals surface area contributed by atoms with Crippen LogP contribution in [0.15, 0.2) is 18.2 Å². The van der Waals surface area contributed by atoms with Crippen LogP contribution in [0.3, 0.4) is 0 Å². The molecule has 1 saturated carbocycles. The number of fused-ring (bicyclic) bond motifs is 5. The standard InChI is InChI=1S/C21H29N3O2/c25-21(26-14-15-2-1-3-15)24-9-6-16-12-20(24)19-13-17(4-5-18(16)19)23-10-7-22-8-11-23/h4-5,13,15-16,20,22H,1-3,6-12,14H2. The van der Waals surface area contributed by atoms with Crippen LogP contribution < -0.4 is 10.2 Å². The van der Waals surface area contributed by atoms with E-state index in [1.807, 2.05) is 4.90 Å². The maximum atomic E-state index is 12.7. The number of rotatable bonds is 3. The Kier molecular flexibility index (Phi) is 4.27. The van der Waals surface area contributed by atoms with E-state index in [0.717, 1.165) is 45.6 Å². The first-order chi connectivity index (χ1) is 12.8. The first-order valence-electron chi connectivity index (χ1n) is 10.3. The minimum absolute atomic E-state index is 0.0965. The minimum atomic E-state index is -0.0965. The number of ether oxygens (including phenoxy) is 1. The van der Waals surface area contributed by atoms with Gasteiger partial charge in [0.15, 0.2) is 0 Å². The molecule has 5 heteroatoms. The highest BCUT2D eigenvalue weighted by atomic mass is 16.6. The second-order valence-corrected chi connectivity index (χ2v) is 8.35. The van der Waals surface area contributed by atoms with E-state index in [1.165, 1.54) is 36.1 Å². The van der Waals surface area contributed by atoms with Gasteiger partial charge in [-0.05, 0) is 60.8 Å². The molecular weight excluding hydrogens is 326 g/mol. The highest BCUT2D eigenvalue weighted by Crippen LogP contribution is 2.50. The van der Waals surface area contributed by atoms with E-state index in [4.69, 9.17) is 4.74 Å². The average molecular weight is 355 g/mol. The molecule has 140 valence electrons. The van der Waals surface area contributed by atoms with Crippen LogP contribution in [0.5, 0.6) is 0 Å². The molecule has 2 aliphatic carbocycles. The van der Waals surface area contributed by atoms with Crippen molar-refractivity contribution in [2.24, 2.45) is 5.92 Å². The van der Waals surface area contributed by atoms with Gasteiger partial charge in [0.25, 0.3) is 0 Å². The number of amides is 1. The zero-order valence-corrected chi connectivity index (χ0v) is 15.5. The van der Waals surface area contributed by atoms with Crippen molar-refractivity contribution in [2.75, 3.05) is 44.2 Å². The van der Waals surface area contributed by atoms with Crippen LogP contribution in [0.1, 0.15) is 55.2 Å². The van der Waals surface area contributed by atoms with Gasteiger partial charge in [-0.3, -0.25) is 0 Å². The fourth-order valence-electron chi connectivity index (χ4n) is 5.03. The largest absolute Gasteiger partial charge is 0.449 e. The van der Waals surface area contributed by atoms with Gasteiger partial charge in [0, 0.05) is 38.4 Å². The van der Waals surface area contributed by atoms with Crippen molar-refractivity contribution in [3.63, 3.8) is 0 Å². The van der Waals surface area contributed by atoms with Crippen LogP contribution >= 0.6 is 0 Å². The molecule has 0 radical (unpaired) electrons. The third-order valence-electron chi connectivity index (χ3n) is 6.86. The molecule has 4 aliphatic rings. The lowest BCUT2D eigenvalue weighted by molar-refractivity contribution is 0.0518. The highest BCUT2D eigenvalue weighted by Gasteiger charge is 2.41. The molecule has 2 aliphatic heterocycles. The van der Waals surface area contributed by atoms with E-state index >= 15 is 0 Å². The summed E-state index contributed by atoms with van der Waals surface area (Å²) < 4.78 is 5.67. The smallest absolute Gasteiger partial charge is 0.410 e. The van der Waals surface area contributed by atoms with E-state index in [-0.39, 0.29) is 12.1 Å². The monoisotopic (exact) mass is 355 g/mol. The lowest BCUT2D eigenvalue weighted by atomic mass is 9.86. The normalized spacial score (nSPS) is 27.8. The highest BCUT2D eigenvalue weighted by molar-refractivity contribution is 5.70. The summed E-state index contributed by atoms with van der Waals surface area (Å²) in [5, 5.41) is 3.42. The summed E-state index contributed by atoms with van der Waals surface area (Å²) in [4.78, 5) is 17.2. The summed E-state index contributed by atoms with van der Waals surface area (Å²) in [5.41, 5.74) is 4.13. The summed E-state index contributed by atoms with van der Waals surface area (Å²) in [6.45, 7) is 5.64. The molecule has 5 nitrogen and oxygen atoms in total. The van der Waals surface area contributed by atoms with Crippen molar-refractivity contribution >= 4 is 11.8 Å². The van der Waals surface area contributed by atoms with Gasteiger partial charge < -0.3 is 19.9 Å². The second kappa shape index (κ2) is 6.76. The Morgan fingerprint density at radius 1 is 1.12 bits per heavy atom. The maximum Gasteiger partial charge on any atom is 0.410 e. The van der Waals surface area contributed by atoms with Crippen LogP contribution in [0.25, 0.3) is 0 Å². The molecule has 0 spiro atoms. The van der Waals surface area contributed by atoms with Gasteiger partial charge in [0.05, 0.1) is 12.6 Å². The van der Waals surface area contributed by atoms with E-state index in [2.05, 4.69) is 28.4 Å². The van der Waals surface area contributed by atoms with Gasteiger partial charge in [-0.15, -0.1) is 0 Å². The SMILES string of the molecule is O=C(OCC1CCC1)N1CCC2CC1c1cc(N3CCNCC3)ccc12. The van der Waals surface area contributed by atoms with E-state index < -0.39 is 0 Å². The molecule has 1 aromatic rings. The number of hydrogen-bond acceptors (Lipinski definition) is 4. The number of piperidine rings is 1. The van der Waals surface area contributed by atoms with Crippen molar-refractivity contribution in [3.05, 3.63) is 29.3 Å². The van der Waals surface area contributed by atoms with Crippen molar-refractivity contribution in [2.45, 2.75) is 44.1 Å². The topological polar surface area (TPSA) is 44.8 Å². The maximum absolute atomic E-state index is 12.7. The molecule has 2 bridgehead atoms. The molecule has 3 fully saturated rings. The summed E-state index contributed by atoms with van der Waals surface area (Å²) >= 11 is 0. The molecule has 1 N–H and O–H groups in total. The van der Waals surface area contributed by atoms with Crippen LogP contribution in [0, 0.1) is 5.92 Å². The molecule has 5 rings (SSSR count). The van der Waals surface area contributed by atoms with Gasteiger partial charge in [0.2, 0.25) is 0 Å². The number of nitrogens with one attached hydrogen (secondary N) is 1. The van der Waals surface area contributed by atoms with Crippen molar-refractivity contribution in [3.8, 4) is 0 Å². The number of carbonyl (C=O) groups excluding carboxylic acids is 1. The van der Waals surface area contributed by atoms with Crippen LogP contribution in [0.2, 0.25) is 0 Å². The van der Waals surface area contributed by atoms with Crippen molar-refractivity contribution < 1.29 is 9.53 Å². The van der Waals surface area contributed by atoms with Crippen molar-refractivity contribution in [1.82, 2.24) is 10.2 Å². The second-order valence-electron chi connectivity index (χ2n) is 8.35. The first-order valence-corrected chi connectivity index (χ1v) is 10.3. The molecule has 2 unspecified atom stereocenters. The van der Waals surface area contributed by atoms with Crippen molar-refractivity contribution in [1.29, 1.82) is 0 Å². The Labute approximate surface area is 155 Å². The number of carbonyl (C=O) groups is 1. The average Bonchev–Trinajstić information content (AvgIpc) is 2.93. The number of piperazine rings is 1. The van der Waals surface area contributed by atoms with Gasteiger partial charge >= 0.3 is 6.09 Å². The van der Waals surface area contributed by atoms with E-state index in [9.17, 15) is 4.79 Å². The molecule has 26 heavy (non-hydrogen) atoms. The third-order valence-corrected chi connectivity index (χ3v) is 6.86. The number of benzene rings is 1. The molecule has 2 saturated heterocycles. The van der Waals surface area contributed by atoms with Gasteiger partial charge in [-0.2, -0.15) is 0 Å². The summed E-state index contributed by atoms with van der Waals surface area (Å²) in [6, 6.07) is 7.16. The summed E-state index contributed by atoms with van der Waals surface area (Å²) in [6.07, 6.45) is 5.76. The number of likely N-dealkylation sites (tertiary alicyclic amines) is 1. The van der Waals surface area contributed by atoms with Crippen LogP contribution in [0.4, 0.5) is 10.5 Å². The Morgan fingerprint density at radius 2 is 1.96 bits per heavy atom. The van der Waals surface area contributed by atoms with Crippen LogP contribution in [-0.4, -0.2) is 50.3 Å². The van der Waals surface area contributed by atoms with E-state index in [1.54, 1.807) is 0 Å². The Hall–Kier alpha value is -1.75. The molecule has 2 heterocycles. The van der Waals surface area contributed by atoms with Crippen LogP contribution in [-0.2, 0) is 4.74 Å². The fourth-order valence-corrected chi connectivity index (χ4v) is 5.03. The Balaban J connectivity index is 1.34. The number of hydrogen-bond donors (Lipinski definition) is 1. The van der Waals surface area contributed by atoms with Gasteiger partial charge in [-0.1, -0.05) is 12.5 Å². The first kappa shape index (κ1) is 16.4. The zero-order chi connectivity index (χ0) is 17.5. The minimum Gasteiger partial charge on any atom is -0.449 e. The van der Waals surface area contributed by atoms with Gasteiger partial charge in [0.1, 0.15) is 0 Å². The Bertz CT molecular complexity index is 682. The lowest BCUT2D eigenvalue weighted by Gasteiger charge is -2.34. The van der Waals surface area contributed by atoms with Gasteiger partial charge in [-0.25, -0.2) is 4.79 Å². The molecule has 0 aromatic heterocycles. The summed E-state index contributed by atoms with van der Waals surface area (Å²) in [5.74, 6) is 1.22. The van der Waals surface area contributed by atoms with E-state index in [0.29, 0.717) is 18.4 Å². The number of anilines is 1. The molecule has 2 atom stereocenters. The molecule has 1 amide bonds. The fraction of sp³-hybridized carbons (Fsp3) is 0.667. The molecule has 1 aromatic carbocycles. The predicted molar refractivity (Wildman–Crippen MR) is 102 cm³/mol. The zero-order valence-electron chi connectivity index (χ0n) is 15.5. The number of nitrogens with zero attached hydrogens (tertiary/aromatic N) is 2. The lowest BCUT2D eigenvalue weighted by Crippen LogP contribution is -2.43. The molecular formula is C21H29N3O2. The predicted octanol–water partition coefficient (Wildman–Crippen LogP) is 3.27. The summed E-state index contributed by atoms with van der Waals surface area (Å²) in [7, 11) is 0. The quantitative estimate of drug-likeness (QED) is 0.904.